The Morgan fingerprint density at radius 3 is 2.44 bits per heavy atom. The monoisotopic (exact) mass is 475 g/mol. The van der Waals surface area contributed by atoms with Crippen LogP contribution in [0.1, 0.15) is 37.8 Å². The topological polar surface area (TPSA) is 77.0 Å². The van der Waals surface area contributed by atoms with Gasteiger partial charge in [0, 0.05) is 44.1 Å². The molecule has 0 amide bonds. The zero-order valence-corrected chi connectivity index (χ0v) is 18.1. The number of nitrogens with two attached hydrogens (primary N) is 1. The number of halogens is 5. The molecular weight excluding hydrogens is 453 g/mol. The van der Waals surface area contributed by atoms with Crippen LogP contribution in [0.3, 0.4) is 0 Å². The predicted molar refractivity (Wildman–Crippen MR) is 110 cm³/mol. The summed E-state index contributed by atoms with van der Waals surface area (Å²) in [5, 5.41) is 0. The van der Waals surface area contributed by atoms with Crippen LogP contribution < -0.4 is 16.2 Å². The number of rotatable bonds is 3. The second-order valence-corrected chi connectivity index (χ2v) is 9.51. The molecule has 1 aliphatic carbocycles. The van der Waals surface area contributed by atoms with Crippen molar-refractivity contribution in [1.29, 1.82) is 0 Å². The van der Waals surface area contributed by atoms with Crippen molar-refractivity contribution in [2.24, 2.45) is 12.5 Å². The maximum absolute atomic E-state index is 13.7. The molecule has 0 unspecified atom stereocenters. The Hall–Kier alpha value is -2.37. The highest BCUT2D eigenvalue weighted by molar-refractivity contribution is 7.99. The van der Waals surface area contributed by atoms with Crippen molar-refractivity contribution in [3.05, 3.63) is 34.4 Å². The first-order valence-electron chi connectivity index (χ1n) is 10.1. The highest BCUT2D eigenvalue weighted by Gasteiger charge is 2.50. The number of hydrogen-bond donors (Lipinski definition) is 1. The predicted octanol–water partition coefficient (Wildman–Crippen LogP) is 4.33. The molecule has 0 radical (unpaired) electrons. The molecule has 1 spiro atoms. The van der Waals surface area contributed by atoms with Crippen LogP contribution in [0.25, 0.3) is 0 Å². The standard InChI is InChI=1S/C20H22F5N5OS/c1-29-16(31)13(32-12-3-2-8-27-14(12)20(23,24)25)15(26)28-17(29)30-9-6-18(7-10-30)4-5-19(21,22)11-18/h2-3,8H,4-7,9-11,26H2,1H3. The maximum Gasteiger partial charge on any atom is 0.434 e. The van der Waals surface area contributed by atoms with Crippen LogP contribution in [0.15, 0.2) is 32.9 Å². The lowest BCUT2D eigenvalue weighted by Gasteiger charge is -2.40. The minimum atomic E-state index is -4.68. The molecule has 2 fully saturated rings. The summed E-state index contributed by atoms with van der Waals surface area (Å²) < 4.78 is 68.4. The summed E-state index contributed by atoms with van der Waals surface area (Å²) >= 11 is 0.574. The highest BCUT2D eigenvalue weighted by Crippen LogP contribution is 2.53. The smallest absolute Gasteiger partial charge is 0.382 e. The largest absolute Gasteiger partial charge is 0.434 e. The van der Waals surface area contributed by atoms with E-state index < -0.39 is 28.8 Å². The van der Waals surface area contributed by atoms with E-state index in [0.717, 1.165) is 6.20 Å². The van der Waals surface area contributed by atoms with E-state index in [4.69, 9.17) is 5.73 Å². The lowest BCUT2D eigenvalue weighted by molar-refractivity contribution is -0.143. The van der Waals surface area contributed by atoms with Crippen LogP contribution in [0.2, 0.25) is 0 Å². The zero-order valence-electron chi connectivity index (χ0n) is 17.3. The molecule has 174 valence electrons. The molecule has 3 heterocycles. The molecule has 0 atom stereocenters. The van der Waals surface area contributed by atoms with Gasteiger partial charge in [0.2, 0.25) is 11.9 Å². The summed E-state index contributed by atoms with van der Waals surface area (Å²) in [4.78, 5) is 22.1. The fourth-order valence-corrected chi connectivity index (χ4v) is 5.55. The van der Waals surface area contributed by atoms with Gasteiger partial charge in [0.15, 0.2) is 5.69 Å². The highest BCUT2D eigenvalue weighted by atomic mass is 32.2. The van der Waals surface area contributed by atoms with Crippen LogP contribution in [-0.2, 0) is 13.2 Å². The van der Waals surface area contributed by atoms with Gasteiger partial charge < -0.3 is 10.6 Å². The summed E-state index contributed by atoms with van der Waals surface area (Å²) in [6, 6.07) is 2.56. The third-order valence-corrected chi connectivity index (χ3v) is 7.40. The summed E-state index contributed by atoms with van der Waals surface area (Å²) in [5.74, 6) is -2.53. The van der Waals surface area contributed by atoms with Gasteiger partial charge in [0.1, 0.15) is 10.7 Å². The Labute approximate surface area is 185 Å². The number of alkyl halides is 5. The van der Waals surface area contributed by atoms with E-state index in [2.05, 4.69) is 9.97 Å². The molecule has 2 aromatic heterocycles. The molecule has 1 saturated carbocycles. The van der Waals surface area contributed by atoms with Crippen molar-refractivity contribution < 1.29 is 22.0 Å². The molecule has 4 rings (SSSR count). The Bertz CT molecular complexity index is 1080. The molecule has 1 saturated heterocycles. The molecule has 2 aromatic rings. The van der Waals surface area contributed by atoms with Crippen LogP contribution in [0.4, 0.5) is 33.7 Å². The minimum absolute atomic E-state index is 0.100. The van der Waals surface area contributed by atoms with Crippen LogP contribution in [-0.4, -0.2) is 33.5 Å². The second kappa shape index (κ2) is 7.89. The van der Waals surface area contributed by atoms with Gasteiger partial charge >= 0.3 is 6.18 Å². The van der Waals surface area contributed by atoms with Gasteiger partial charge in [-0.05, 0) is 36.8 Å². The van der Waals surface area contributed by atoms with Crippen LogP contribution in [0.5, 0.6) is 0 Å². The number of piperidine rings is 1. The van der Waals surface area contributed by atoms with E-state index in [1.54, 1.807) is 0 Å². The van der Waals surface area contributed by atoms with Gasteiger partial charge in [-0.3, -0.25) is 14.3 Å². The average Bonchev–Trinajstić information content (AvgIpc) is 3.02. The zero-order chi connectivity index (χ0) is 23.3. The third kappa shape index (κ3) is 4.28. The molecule has 2 N–H and O–H groups in total. The lowest BCUT2D eigenvalue weighted by Crippen LogP contribution is -2.42. The van der Waals surface area contributed by atoms with Crippen LogP contribution in [0, 0.1) is 5.41 Å². The third-order valence-electron chi connectivity index (χ3n) is 6.26. The molecule has 0 aromatic carbocycles. The molecule has 6 nitrogen and oxygen atoms in total. The molecule has 1 aliphatic heterocycles. The van der Waals surface area contributed by atoms with E-state index in [0.29, 0.717) is 44.1 Å². The molecular formula is C20H22F5N5OS. The number of nitrogen functional groups attached to an aromatic ring is 1. The number of anilines is 2. The van der Waals surface area contributed by atoms with Gasteiger partial charge in [0.25, 0.3) is 5.56 Å². The van der Waals surface area contributed by atoms with Crippen molar-refractivity contribution in [3.8, 4) is 0 Å². The van der Waals surface area contributed by atoms with Crippen molar-refractivity contribution in [1.82, 2.24) is 14.5 Å². The SMILES string of the molecule is Cn1c(N2CCC3(CC2)CCC(F)(F)C3)nc(N)c(Sc2cccnc2C(F)(F)F)c1=O. The fourth-order valence-electron chi connectivity index (χ4n) is 4.54. The average molecular weight is 475 g/mol. The summed E-state index contributed by atoms with van der Waals surface area (Å²) in [5.41, 5.74) is 3.90. The van der Waals surface area contributed by atoms with Gasteiger partial charge in [0.05, 0.1) is 0 Å². The molecule has 0 bridgehead atoms. The summed E-state index contributed by atoms with van der Waals surface area (Å²) in [6.07, 6.45) is -2.29. The number of aromatic nitrogens is 3. The number of pyridine rings is 1. The van der Waals surface area contributed by atoms with Crippen LogP contribution >= 0.6 is 11.8 Å². The fraction of sp³-hybridized carbons (Fsp3) is 0.550. The normalized spacial score (nSPS) is 20.1. The lowest BCUT2D eigenvalue weighted by atomic mass is 9.77. The Morgan fingerprint density at radius 2 is 1.84 bits per heavy atom. The van der Waals surface area contributed by atoms with Crippen molar-refractivity contribution in [2.75, 3.05) is 23.7 Å². The van der Waals surface area contributed by atoms with Crippen molar-refractivity contribution in [2.45, 2.75) is 54.0 Å². The molecule has 12 heteroatoms. The first kappa shape index (κ1) is 22.8. The Balaban J connectivity index is 1.58. The first-order valence-corrected chi connectivity index (χ1v) is 10.9. The van der Waals surface area contributed by atoms with Gasteiger partial charge in [-0.1, -0.05) is 11.8 Å². The van der Waals surface area contributed by atoms with E-state index in [9.17, 15) is 26.7 Å². The van der Waals surface area contributed by atoms with E-state index >= 15 is 0 Å². The first-order chi connectivity index (χ1) is 14.9. The van der Waals surface area contributed by atoms with Gasteiger partial charge in [-0.25, -0.2) is 8.78 Å². The quantitative estimate of drug-likeness (QED) is 0.666. The Kier molecular flexibility index (Phi) is 5.62. The maximum atomic E-state index is 13.7. The molecule has 32 heavy (non-hydrogen) atoms. The van der Waals surface area contributed by atoms with Gasteiger partial charge in [-0.2, -0.15) is 18.2 Å². The van der Waals surface area contributed by atoms with Crippen molar-refractivity contribution >= 4 is 23.5 Å². The van der Waals surface area contributed by atoms with E-state index in [-0.39, 0.29) is 34.4 Å². The number of nitrogens with zero attached hydrogens (tertiary/aromatic N) is 4. The van der Waals surface area contributed by atoms with Gasteiger partial charge in [-0.15, -0.1) is 0 Å². The number of hydrogen-bond acceptors (Lipinski definition) is 6. The van der Waals surface area contributed by atoms with E-state index in [1.165, 1.54) is 23.7 Å². The minimum Gasteiger partial charge on any atom is -0.382 e. The summed E-state index contributed by atoms with van der Waals surface area (Å²) in [7, 11) is 1.47. The summed E-state index contributed by atoms with van der Waals surface area (Å²) in [6.45, 7) is 0.895. The van der Waals surface area contributed by atoms with E-state index in [1.807, 2.05) is 4.90 Å². The molecule has 2 aliphatic rings. The van der Waals surface area contributed by atoms with Crippen molar-refractivity contribution in [3.63, 3.8) is 0 Å². The second-order valence-electron chi connectivity index (χ2n) is 8.46. The Morgan fingerprint density at radius 1 is 1.16 bits per heavy atom.